The highest BCUT2D eigenvalue weighted by atomic mass is 32.1. The van der Waals surface area contributed by atoms with Crippen LogP contribution in [0.25, 0.3) is 0 Å². The number of nitrogens with zero attached hydrogens (tertiary/aromatic N) is 3. The first-order valence-electron chi connectivity index (χ1n) is 10.7. The third-order valence-electron chi connectivity index (χ3n) is 5.39. The number of benzene rings is 1. The van der Waals surface area contributed by atoms with Gasteiger partial charge in [-0.1, -0.05) is 24.3 Å². The number of likely N-dealkylation sites (N-methyl/N-ethyl adjacent to an activating group) is 1. The van der Waals surface area contributed by atoms with E-state index in [-0.39, 0.29) is 0 Å². The molecule has 0 unspecified atom stereocenters. The van der Waals surface area contributed by atoms with E-state index in [1.54, 1.807) is 11.3 Å². The summed E-state index contributed by atoms with van der Waals surface area (Å²) in [6, 6.07) is 11.1. The average molecular weight is 414 g/mol. The van der Waals surface area contributed by atoms with Crippen molar-refractivity contribution < 1.29 is 0 Å². The molecule has 6 heteroatoms. The minimum absolute atomic E-state index is 0.688. The lowest BCUT2D eigenvalue weighted by Gasteiger charge is -2.20. The summed E-state index contributed by atoms with van der Waals surface area (Å²) in [4.78, 5) is 11.1. The van der Waals surface area contributed by atoms with Gasteiger partial charge in [0.2, 0.25) is 0 Å². The number of hydrogen-bond donors (Lipinski definition) is 2. The molecule has 5 nitrogen and oxygen atoms in total. The molecule has 0 aliphatic carbocycles. The van der Waals surface area contributed by atoms with Crippen molar-refractivity contribution in [3.05, 3.63) is 57.3 Å². The van der Waals surface area contributed by atoms with Crippen LogP contribution in [-0.4, -0.2) is 55.5 Å². The van der Waals surface area contributed by atoms with E-state index in [4.69, 9.17) is 4.99 Å². The molecule has 1 saturated heterocycles. The second kappa shape index (κ2) is 11.3. The molecule has 2 aromatic rings. The first-order chi connectivity index (χ1) is 14.1. The number of rotatable bonds is 7. The average Bonchev–Trinajstić information content (AvgIpc) is 3.02. The lowest BCUT2D eigenvalue weighted by atomic mass is 10.1. The predicted molar refractivity (Wildman–Crippen MR) is 125 cm³/mol. The molecule has 0 amide bonds. The van der Waals surface area contributed by atoms with Crippen molar-refractivity contribution >= 4 is 17.3 Å². The number of hydrogen-bond acceptors (Lipinski definition) is 4. The molecule has 0 bridgehead atoms. The van der Waals surface area contributed by atoms with Gasteiger partial charge in [0.1, 0.15) is 0 Å². The molecule has 0 saturated carbocycles. The highest BCUT2D eigenvalue weighted by Crippen LogP contribution is 2.15. The number of guanidine groups is 1. The van der Waals surface area contributed by atoms with Crippen LogP contribution in [0.3, 0.4) is 0 Å². The molecule has 2 N–H and O–H groups in total. The summed E-state index contributed by atoms with van der Waals surface area (Å²) in [5, 5.41) is 8.93. The van der Waals surface area contributed by atoms with E-state index in [9.17, 15) is 0 Å². The van der Waals surface area contributed by atoms with Gasteiger partial charge in [0, 0.05) is 31.1 Å². The van der Waals surface area contributed by atoms with Crippen LogP contribution in [0.1, 0.15) is 34.9 Å². The fraction of sp³-hybridized carbons (Fsp3) is 0.522. The largest absolute Gasteiger partial charge is 0.357 e. The van der Waals surface area contributed by atoms with E-state index in [0.717, 1.165) is 38.7 Å². The van der Waals surface area contributed by atoms with Gasteiger partial charge in [-0.05, 0) is 68.5 Å². The van der Waals surface area contributed by atoms with E-state index in [1.807, 2.05) is 0 Å². The maximum Gasteiger partial charge on any atom is 0.191 e. The lowest BCUT2D eigenvalue weighted by Crippen LogP contribution is -2.36. The summed E-state index contributed by atoms with van der Waals surface area (Å²) in [5.74, 6) is 0.873. The first-order valence-corrected chi connectivity index (χ1v) is 11.6. The van der Waals surface area contributed by atoms with Crippen molar-refractivity contribution in [2.24, 2.45) is 4.99 Å². The second-order valence-electron chi connectivity index (χ2n) is 7.82. The van der Waals surface area contributed by atoms with Crippen molar-refractivity contribution in [2.75, 3.05) is 39.8 Å². The highest BCUT2D eigenvalue weighted by Gasteiger charge is 2.12. The van der Waals surface area contributed by atoms with Crippen LogP contribution >= 0.6 is 11.3 Å². The van der Waals surface area contributed by atoms with Crippen LogP contribution < -0.4 is 10.6 Å². The Bertz CT molecular complexity index is 768. The lowest BCUT2D eigenvalue weighted by molar-refractivity contribution is 0.269. The van der Waals surface area contributed by atoms with Gasteiger partial charge in [-0.25, -0.2) is 4.99 Å². The molecule has 1 fully saturated rings. The molecule has 158 valence electrons. The Morgan fingerprint density at radius 3 is 2.55 bits per heavy atom. The van der Waals surface area contributed by atoms with Crippen LogP contribution in [0.2, 0.25) is 0 Å². The van der Waals surface area contributed by atoms with Crippen molar-refractivity contribution in [1.29, 1.82) is 0 Å². The molecule has 2 heterocycles. The fourth-order valence-corrected chi connectivity index (χ4v) is 4.37. The van der Waals surface area contributed by atoms with Gasteiger partial charge in [-0.3, -0.25) is 4.90 Å². The summed E-state index contributed by atoms with van der Waals surface area (Å²) in [5.41, 5.74) is 3.97. The van der Waals surface area contributed by atoms with Gasteiger partial charge < -0.3 is 15.5 Å². The third-order valence-corrected chi connectivity index (χ3v) is 6.41. The minimum Gasteiger partial charge on any atom is -0.357 e. The summed E-state index contributed by atoms with van der Waals surface area (Å²) < 4.78 is 0. The second-order valence-corrected chi connectivity index (χ2v) is 8.83. The van der Waals surface area contributed by atoms with Gasteiger partial charge in [0.05, 0.1) is 13.1 Å². The summed E-state index contributed by atoms with van der Waals surface area (Å²) in [6.07, 6.45) is 1.26. The van der Waals surface area contributed by atoms with Crippen molar-refractivity contribution in [1.82, 2.24) is 20.4 Å². The SMILES string of the molecule is CCNC(=NCc1ccc(CN2CCCN(C)CC2)cc1)NCc1sccc1C. The maximum atomic E-state index is 4.76. The molecule has 0 spiro atoms. The Labute approximate surface area is 179 Å². The molecule has 1 aliphatic heterocycles. The van der Waals surface area contributed by atoms with Crippen LogP contribution in [-0.2, 0) is 19.6 Å². The highest BCUT2D eigenvalue weighted by molar-refractivity contribution is 7.10. The quantitative estimate of drug-likeness (QED) is 0.539. The molecule has 29 heavy (non-hydrogen) atoms. The van der Waals surface area contributed by atoms with E-state index < -0.39 is 0 Å². The predicted octanol–water partition coefficient (Wildman–Crippen LogP) is 3.45. The minimum atomic E-state index is 0.688. The molecular formula is C23H35N5S. The Morgan fingerprint density at radius 2 is 1.83 bits per heavy atom. The number of aryl methyl sites for hydroxylation is 1. The normalized spacial score (nSPS) is 16.6. The standard InChI is InChI=1S/C23H35N5S/c1-4-24-23(26-17-22-19(2)10-15-29-22)25-16-20-6-8-21(9-7-20)18-28-12-5-11-27(3)13-14-28/h6-10,15H,4-5,11-14,16-18H2,1-3H3,(H2,24,25,26). The number of thiophene rings is 1. The Kier molecular flexibility index (Phi) is 8.52. The topological polar surface area (TPSA) is 42.9 Å². The van der Waals surface area contributed by atoms with Gasteiger partial charge in [-0.15, -0.1) is 11.3 Å². The van der Waals surface area contributed by atoms with Crippen LogP contribution in [0.5, 0.6) is 0 Å². The third kappa shape index (κ3) is 7.14. The molecule has 3 rings (SSSR count). The summed E-state index contributed by atoms with van der Waals surface area (Å²) >= 11 is 1.79. The molecule has 0 radical (unpaired) electrons. The van der Waals surface area contributed by atoms with Gasteiger partial charge in [-0.2, -0.15) is 0 Å². The Morgan fingerprint density at radius 1 is 1.03 bits per heavy atom. The summed E-state index contributed by atoms with van der Waals surface area (Å²) in [7, 11) is 2.22. The smallest absolute Gasteiger partial charge is 0.191 e. The molecule has 0 atom stereocenters. The zero-order valence-electron chi connectivity index (χ0n) is 18.1. The van der Waals surface area contributed by atoms with Gasteiger partial charge >= 0.3 is 0 Å². The van der Waals surface area contributed by atoms with Gasteiger partial charge in [0.25, 0.3) is 0 Å². The zero-order chi connectivity index (χ0) is 20.5. The Hall–Kier alpha value is -1.89. The first kappa shape index (κ1) is 21.8. The maximum absolute atomic E-state index is 4.76. The Balaban J connectivity index is 1.52. The number of aliphatic imine (C=N–C) groups is 1. The van der Waals surface area contributed by atoms with Crippen molar-refractivity contribution in [3.63, 3.8) is 0 Å². The van der Waals surface area contributed by atoms with E-state index in [1.165, 1.54) is 41.1 Å². The van der Waals surface area contributed by atoms with Crippen molar-refractivity contribution in [3.8, 4) is 0 Å². The monoisotopic (exact) mass is 413 g/mol. The molecular weight excluding hydrogens is 378 g/mol. The van der Waals surface area contributed by atoms with E-state index in [0.29, 0.717) is 6.54 Å². The van der Waals surface area contributed by atoms with E-state index in [2.05, 4.69) is 77.0 Å². The molecule has 1 aromatic heterocycles. The summed E-state index contributed by atoms with van der Waals surface area (Å²) in [6.45, 7) is 12.4. The van der Waals surface area contributed by atoms with Crippen LogP contribution in [0.4, 0.5) is 0 Å². The molecule has 1 aliphatic rings. The zero-order valence-corrected chi connectivity index (χ0v) is 18.9. The molecule has 1 aromatic carbocycles. The van der Waals surface area contributed by atoms with E-state index >= 15 is 0 Å². The van der Waals surface area contributed by atoms with Crippen molar-refractivity contribution in [2.45, 2.75) is 39.9 Å². The van der Waals surface area contributed by atoms with Gasteiger partial charge in [0.15, 0.2) is 5.96 Å². The van der Waals surface area contributed by atoms with Crippen LogP contribution in [0, 0.1) is 6.92 Å². The number of nitrogens with one attached hydrogen (secondary N) is 2. The van der Waals surface area contributed by atoms with Crippen LogP contribution in [0.15, 0.2) is 40.7 Å². The fourth-order valence-electron chi connectivity index (χ4n) is 3.53.